The van der Waals surface area contributed by atoms with Crippen molar-refractivity contribution < 1.29 is 9.53 Å². The van der Waals surface area contributed by atoms with Gasteiger partial charge < -0.3 is 15.4 Å². The molecule has 0 aromatic rings. The monoisotopic (exact) mass is 242 g/mol. The van der Waals surface area contributed by atoms with E-state index in [1.165, 1.54) is 45.9 Å². The minimum absolute atomic E-state index is 0.312. The molecule has 0 saturated carbocycles. The van der Waals surface area contributed by atoms with E-state index >= 15 is 0 Å². The standard InChI is InChI=1S/C13H26N2O2/c1-13(14,12(16)17-2)8-7-11-15-9-5-3-4-6-10-15/h3-11,14H2,1-2H3. The van der Waals surface area contributed by atoms with Crippen LogP contribution in [-0.2, 0) is 9.53 Å². The van der Waals surface area contributed by atoms with Crippen molar-refractivity contribution in [1.29, 1.82) is 0 Å². The maximum Gasteiger partial charge on any atom is 0.325 e. The van der Waals surface area contributed by atoms with E-state index < -0.39 is 5.54 Å². The summed E-state index contributed by atoms with van der Waals surface area (Å²) in [7, 11) is 1.39. The van der Waals surface area contributed by atoms with Crippen molar-refractivity contribution in [3.63, 3.8) is 0 Å². The largest absolute Gasteiger partial charge is 0.468 e. The van der Waals surface area contributed by atoms with Gasteiger partial charge in [0.05, 0.1) is 7.11 Å². The number of ether oxygens (including phenoxy) is 1. The van der Waals surface area contributed by atoms with Gasteiger partial charge in [-0.1, -0.05) is 12.8 Å². The Kier molecular flexibility index (Phi) is 5.92. The van der Waals surface area contributed by atoms with E-state index in [4.69, 9.17) is 10.5 Å². The highest BCUT2D eigenvalue weighted by molar-refractivity contribution is 5.79. The van der Waals surface area contributed by atoms with E-state index in [1.54, 1.807) is 6.92 Å². The number of carbonyl (C=O) groups excluding carboxylic acids is 1. The number of esters is 1. The molecule has 0 bridgehead atoms. The molecule has 4 heteroatoms. The Hall–Kier alpha value is -0.610. The molecule has 100 valence electrons. The second kappa shape index (κ2) is 6.97. The fraction of sp³-hybridized carbons (Fsp3) is 0.923. The quantitative estimate of drug-likeness (QED) is 0.743. The highest BCUT2D eigenvalue weighted by Gasteiger charge is 2.28. The van der Waals surface area contributed by atoms with Crippen molar-refractivity contribution >= 4 is 5.97 Å². The summed E-state index contributed by atoms with van der Waals surface area (Å²) in [6.45, 7) is 5.18. The minimum Gasteiger partial charge on any atom is -0.468 e. The molecule has 0 amide bonds. The number of likely N-dealkylation sites (tertiary alicyclic amines) is 1. The van der Waals surface area contributed by atoms with Gasteiger partial charge in [-0.25, -0.2) is 0 Å². The van der Waals surface area contributed by atoms with Crippen LogP contribution in [0.15, 0.2) is 0 Å². The van der Waals surface area contributed by atoms with Crippen molar-refractivity contribution in [2.75, 3.05) is 26.7 Å². The molecule has 1 unspecified atom stereocenters. The van der Waals surface area contributed by atoms with Gasteiger partial charge in [-0.05, 0) is 52.2 Å². The normalized spacial score (nSPS) is 21.6. The number of hydrogen-bond donors (Lipinski definition) is 1. The Morgan fingerprint density at radius 1 is 1.29 bits per heavy atom. The molecular weight excluding hydrogens is 216 g/mol. The van der Waals surface area contributed by atoms with Gasteiger partial charge in [0, 0.05) is 0 Å². The third-order valence-electron chi connectivity index (χ3n) is 3.52. The molecule has 17 heavy (non-hydrogen) atoms. The number of nitrogens with two attached hydrogens (primary N) is 1. The van der Waals surface area contributed by atoms with Crippen molar-refractivity contribution in [1.82, 2.24) is 4.90 Å². The Labute approximate surface area is 104 Å². The predicted molar refractivity (Wildman–Crippen MR) is 68.8 cm³/mol. The van der Waals surface area contributed by atoms with E-state index in [2.05, 4.69) is 4.90 Å². The number of nitrogens with zero attached hydrogens (tertiary/aromatic N) is 1. The second-order valence-corrected chi connectivity index (χ2v) is 5.27. The van der Waals surface area contributed by atoms with Gasteiger partial charge in [0.1, 0.15) is 5.54 Å². The van der Waals surface area contributed by atoms with E-state index in [0.717, 1.165) is 13.0 Å². The molecule has 1 saturated heterocycles. The third kappa shape index (κ3) is 5.04. The summed E-state index contributed by atoms with van der Waals surface area (Å²) in [6, 6.07) is 0. The van der Waals surface area contributed by atoms with Gasteiger partial charge in [-0.15, -0.1) is 0 Å². The maximum absolute atomic E-state index is 11.4. The zero-order chi connectivity index (χ0) is 12.7. The molecule has 0 radical (unpaired) electrons. The van der Waals surface area contributed by atoms with Crippen molar-refractivity contribution in [3.8, 4) is 0 Å². The van der Waals surface area contributed by atoms with Gasteiger partial charge >= 0.3 is 5.97 Å². The molecule has 0 aromatic carbocycles. The van der Waals surface area contributed by atoms with E-state index in [-0.39, 0.29) is 5.97 Å². The molecule has 0 aliphatic carbocycles. The third-order valence-corrected chi connectivity index (χ3v) is 3.52. The van der Waals surface area contributed by atoms with Gasteiger partial charge in [-0.2, -0.15) is 0 Å². The summed E-state index contributed by atoms with van der Waals surface area (Å²) in [4.78, 5) is 13.9. The number of rotatable bonds is 5. The SMILES string of the molecule is COC(=O)C(C)(N)CCCN1CCCCCC1. The lowest BCUT2D eigenvalue weighted by atomic mass is 9.97. The maximum atomic E-state index is 11.4. The molecule has 1 heterocycles. The first-order valence-electron chi connectivity index (χ1n) is 6.66. The lowest BCUT2D eigenvalue weighted by Crippen LogP contribution is -2.46. The minimum atomic E-state index is -0.833. The van der Waals surface area contributed by atoms with Crippen LogP contribution in [0.4, 0.5) is 0 Å². The van der Waals surface area contributed by atoms with Crippen LogP contribution in [-0.4, -0.2) is 43.2 Å². The van der Waals surface area contributed by atoms with Gasteiger partial charge in [0.25, 0.3) is 0 Å². The first-order chi connectivity index (χ1) is 8.06. The number of hydrogen-bond acceptors (Lipinski definition) is 4. The zero-order valence-electron chi connectivity index (χ0n) is 11.2. The highest BCUT2D eigenvalue weighted by Crippen LogP contribution is 2.14. The first kappa shape index (κ1) is 14.5. The molecule has 0 aromatic heterocycles. The highest BCUT2D eigenvalue weighted by atomic mass is 16.5. The van der Waals surface area contributed by atoms with Crippen molar-refractivity contribution in [2.24, 2.45) is 5.73 Å². The molecule has 1 fully saturated rings. The summed E-state index contributed by atoms with van der Waals surface area (Å²) >= 11 is 0. The topological polar surface area (TPSA) is 55.6 Å². The van der Waals surface area contributed by atoms with Crippen LogP contribution in [0.25, 0.3) is 0 Å². The van der Waals surface area contributed by atoms with Crippen LogP contribution in [0.5, 0.6) is 0 Å². The van der Waals surface area contributed by atoms with E-state index in [1.807, 2.05) is 0 Å². The molecule has 0 spiro atoms. The molecule has 1 aliphatic rings. The molecule has 1 rings (SSSR count). The summed E-state index contributed by atoms with van der Waals surface area (Å²) in [5.74, 6) is -0.312. The molecular formula is C13H26N2O2. The molecule has 1 atom stereocenters. The lowest BCUT2D eigenvalue weighted by Gasteiger charge is -2.24. The lowest BCUT2D eigenvalue weighted by molar-refractivity contribution is -0.146. The summed E-state index contributed by atoms with van der Waals surface area (Å²) in [5.41, 5.74) is 5.09. The number of carbonyl (C=O) groups is 1. The average molecular weight is 242 g/mol. The van der Waals surface area contributed by atoms with Crippen LogP contribution < -0.4 is 5.73 Å². The Morgan fingerprint density at radius 3 is 2.41 bits per heavy atom. The van der Waals surface area contributed by atoms with E-state index in [9.17, 15) is 4.79 Å². The Bertz CT molecular complexity index is 234. The Balaban J connectivity index is 2.24. The van der Waals surface area contributed by atoms with Crippen LogP contribution >= 0.6 is 0 Å². The predicted octanol–water partition coefficient (Wildman–Crippen LogP) is 1.53. The van der Waals surface area contributed by atoms with Gasteiger partial charge in [0.15, 0.2) is 0 Å². The Morgan fingerprint density at radius 2 is 1.88 bits per heavy atom. The van der Waals surface area contributed by atoms with Gasteiger partial charge in [0.2, 0.25) is 0 Å². The first-order valence-corrected chi connectivity index (χ1v) is 6.66. The van der Waals surface area contributed by atoms with E-state index in [0.29, 0.717) is 6.42 Å². The fourth-order valence-electron chi connectivity index (χ4n) is 2.36. The fourth-order valence-corrected chi connectivity index (χ4v) is 2.36. The molecule has 1 aliphatic heterocycles. The zero-order valence-corrected chi connectivity index (χ0v) is 11.2. The number of methoxy groups -OCH3 is 1. The van der Waals surface area contributed by atoms with Crippen molar-refractivity contribution in [2.45, 2.75) is 51.0 Å². The average Bonchev–Trinajstić information content (AvgIpc) is 2.56. The second-order valence-electron chi connectivity index (χ2n) is 5.27. The van der Waals surface area contributed by atoms with Gasteiger partial charge in [-0.3, -0.25) is 4.79 Å². The smallest absolute Gasteiger partial charge is 0.325 e. The van der Waals surface area contributed by atoms with Crippen LogP contribution in [0.1, 0.15) is 45.4 Å². The van der Waals surface area contributed by atoms with Crippen molar-refractivity contribution in [3.05, 3.63) is 0 Å². The summed E-state index contributed by atoms with van der Waals surface area (Å²) in [6.07, 6.45) is 6.96. The van der Waals surface area contributed by atoms with Crippen LogP contribution in [0.2, 0.25) is 0 Å². The molecule has 4 nitrogen and oxygen atoms in total. The summed E-state index contributed by atoms with van der Waals surface area (Å²) in [5, 5.41) is 0. The van der Waals surface area contributed by atoms with Crippen LogP contribution in [0.3, 0.4) is 0 Å². The summed E-state index contributed by atoms with van der Waals surface area (Å²) < 4.78 is 4.70. The molecule has 2 N–H and O–H groups in total. The van der Waals surface area contributed by atoms with Crippen LogP contribution in [0, 0.1) is 0 Å².